The fraction of sp³-hybridized carbons (Fsp3) is 0.111. The third-order valence-electron chi connectivity index (χ3n) is 3.94. The van der Waals surface area contributed by atoms with Gasteiger partial charge in [0.2, 0.25) is 6.79 Å². The van der Waals surface area contributed by atoms with Crippen molar-refractivity contribution in [1.82, 2.24) is 10.2 Å². The SMILES string of the molecule is Cc1[nH]nc(-c2ccc(Cl)cc2)c1NC(=O)c1ccc2c(c1)OCO2. The second-order valence-electron chi connectivity index (χ2n) is 5.60. The van der Waals surface area contributed by atoms with Gasteiger partial charge < -0.3 is 14.8 Å². The largest absolute Gasteiger partial charge is 0.454 e. The van der Waals surface area contributed by atoms with Gasteiger partial charge in [0.1, 0.15) is 5.69 Å². The zero-order valence-electron chi connectivity index (χ0n) is 13.3. The third-order valence-corrected chi connectivity index (χ3v) is 4.19. The fourth-order valence-corrected chi connectivity index (χ4v) is 2.75. The molecule has 1 aliphatic rings. The molecule has 1 aliphatic heterocycles. The van der Waals surface area contributed by atoms with Crippen LogP contribution in [0.3, 0.4) is 0 Å². The van der Waals surface area contributed by atoms with Gasteiger partial charge in [-0.1, -0.05) is 23.7 Å². The van der Waals surface area contributed by atoms with Crippen LogP contribution < -0.4 is 14.8 Å². The Morgan fingerprint density at radius 2 is 1.92 bits per heavy atom. The number of anilines is 1. The molecule has 6 nitrogen and oxygen atoms in total. The van der Waals surface area contributed by atoms with Crippen LogP contribution in [0.4, 0.5) is 5.69 Å². The van der Waals surface area contributed by atoms with Gasteiger partial charge >= 0.3 is 0 Å². The maximum Gasteiger partial charge on any atom is 0.255 e. The second-order valence-corrected chi connectivity index (χ2v) is 6.04. The molecule has 0 spiro atoms. The predicted molar refractivity (Wildman–Crippen MR) is 94.3 cm³/mol. The van der Waals surface area contributed by atoms with E-state index in [9.17, 15) is 4.79 Å². The molecule has 25 heavy (non-hydrogen) atoms. The van der Waals surface area contributed by atoms with Gasteiger partial charge in [0.25, 0.3) is 5.91 Å². The Kier molecular flexibility index (Phi) is 3.82. The van der Waals surface area contributed by atoms with Gasteiger partial charge in [-0.05, 0) is 37.3 Å². The summed E-state index contributed by atoms with van der Waals surface area (Å²) in [5.41, 5.74) is 3.38. The topological polar surface area (TPSA) is 76.2 Å². The zero-order valence-corrected chi connectivity index (χ0v) is 14.1. The molecule has 0 radical (unpaired) electrons. The van der Waals surface area contributed by atoms with E-state index < -0.39 is 0 Å². The van der Waals surface area contributed by atoms with Crippen molar-refractivity contribution in [3.8, 4) is 22.8 Å². The van der Waals surface area contributed by atoms with E-state index in [1.165, 1.54) is 0 Å². The van der Waals surface area contributed by atoms with Crippen molar-refractivity contribution in [1.29, 1.82) is 0 Å². The summed E-state index contributed by atoms with van der Waals surface area (Å²) in [4.78, 5) is 12.6. The number of benzene rings is 2. The highest BCUT2D eigenvalue weighted by Gasteiger charge is 2.19. The first-order chi connectivity index (χ1) is 12.1. The summed E-state index contributed by atoms with van der Waals surface area (Å²) < 4.78 is 10.6. The monoisotopic (exact) mass is 355 g/mol. The van der Waals surface area contributed by atoms with E-state index in [0.717, 1.165) is 11.3 Å². The lowest BCUT2D eigenvalue weighted by Gasteiger charge is -2.08. The molecule has 1 amide bonds. The fourth-order valence-electron chi connectivity index (χ4n) is 2.62. The number of rotatable bonds is 3. The van der Waals surface area contributed by atoms with Crippen molar-refractivity contribution >= 4 is 23.2 Å². The Bertz CT molecular complexity index is 951. The third kappa shape index (κ3) is 2.92. The molecular weight excluding hydrogens is 342 g/mol. The molecule has 3 aromatic rings. The molecule has 0 aliphatic carbocycles. The van der Waals surface area contributed by atoms with Gasteiger partial charge in [-0.25, -0.2) is 0 Å². The Morgan fingerprint density at radius 3 is 2.72 bits per heavy atom. The molecule has 0 atom stereocenters. The number of fused-ring (bicyclic) bond motifs is 1. The molecule has 4 rings (SSSR count). The summed E-state index contributed by atoms with van der Waals surface area (Å²) in [6, 6.07) is 12.4. The molecule has 0 unspecified atom stereocenters. The number of H-pyrrole nitrogens is 1. The van der Waals surface area contributed by atoms with E-state index in [-0.39, 0.29) is 12.7 Å². The molecule has 126 valence electrons. The summed E-state index contributed by atoms with van der Waals surface area (Å²) in [6.45, 7) is 2.02. The Hall–Kier alpha value is -2.99. The molecule has 0 fully saturated rings. The molecule has 1 aromatic heterocycles. The normalized spacial score (nSPS) is 12.2. The van der Waals surface area contributed by atoms with Gasteiger partial charge in [0.05, 0.1) is 11.4 Å². The highest BCUT2D eigenvalue weighted by molar-refractivity contribution is 6.30. The van der Waals surface area contributed by atoms with Gasteiger partial charge in [-0.3, -0.25) is 9.89 Å². The molecule has 2 aromatic carbocycles. The highest BCUT2D eigenvalue weighted by atomic mass is 35.5. The van der Waals surface area contributed by atoms with Crippen LogP contribution in [-0.4, -0.2) is 22.9 Å². The van der Waals surface area contributed by atoms with E-state index in [4.69, 9.17) is 21.1 Å². The number of hydrogen-bond donors (Lipinski definition) is 2. The summed E-state index contributed by atoms with van der Waals surface area (Å²) in [5.74, 6) is 0.949. The molecule has 2 heterocycles. The predicted octanol–water partition coefficient (Wildman–Crippen LogP) is 4.02. The number of nitrogens with one attached hydrogen (secondary N) is 2. The highest BCUT2D eigenvalue weighted by Crippen LogP contribution is 2.33. The Balaban J connectivity index is 1.63. The first-order valence-corrected chi connectivity index (χ1v) is 8.01. The molecule has 0 bridgehead atoms. The van der Waals surface area contributed by atoms with Gasteiger partial charge in [0, 0.05) is 16.1 Å². The standard InChI is InChI=1S/C18H14ClN3O3/c1-10-16(17(22-21-10)11-2-5-13(19)6-3-11)20-18(23)12-4-7-14-15(8-12)25-9-24-14/h2-8H,9H2,1H3,(H,20,23)(H,21,22). The van der Waals surface area contributed by atoms with Crippen LogP contribution in [0.1, 0.15) is 16.1 Å². The van der Waals surface area contributed by atoms with Crippen molar-refractivity contribution in [2.75, 3.05) is 12.1 Å². The lowest BCUT2D eigenvalue weighted by atomic mass is 10.1. The maximum absolute atomic E-state index is 12.6. The summed E-state index contributed by atoms with van der Waals surface area (Å²) in [6.07, 6.45) is 0. The number of aryl methyl sites for hydroxylation is 1. The van der Waals surface area contributed by atoms with Crippen LogP contribution >= 0.6 is 11.6 Å². The minimum Gasteiger partial charge on any atom is -0.454 e. The smallest absolute Gasteiger partial charge is 0.255 e. The number of ether oxygens (including phenoxy) is 2. The van der Waals surface area contributed by atoms with Crippen molar-refractivity contribution in [2.24, 2.45) is 0 Å². The Labute approximate surface area is 148 Å². The first-order valence-electron chi connectivity index (χ1n) is 7.64. The van der Waals surface area contributed by atoms with E-state index in [0.29, 0.717) is 33.5 Å². The second kappa shape index (κ2) is 6.14. The number of aromatic amines is 1. The first kappa shape index (κ1) is 15.5. The van der Waals surface area contributed by atoms with Crippen LogP contribution in [-0.2, 0) is 0 Å². The average Bonchev–Trinajstić information content (AvgIpc) is 3.22. The minimum absolute atomic E-state index is 0.169. The van der Waals surface area contributed by atoms with E-state index in [1.54, 1.807) is 30.3 Å². The molecular formula is C18H14ClN3O3. The molecule has 2 N–H and O–H groups in total. The number of amides is 1. The molecule has 0 saturated heterocycles. The summed E-state index contributed by atoms with van der Waals surface area (Å²) >= 11 is 5.93. The van der Waals surface area contributed by atoms with Crippen LogP contribution in [0, 0.1) is 6.92 Å². The summed E-state index contributed by atoms with van der Waals surface area (Å²) in [7, 11) is 0. The number of nitrogens with zero attached hydrogens (tertiary/aromatic N) is 1. The lowest BCUT2D eigenvalue weighted by Crippen LogP contribution is -2.12. The lowest BCUT2D eigenvalue weighted by molar-refractivity contribution is 0.102. The van der Waals surface area contributed by atoms with Crippen LogP contribution in [0.2, 0.25) is 5.02 Å². The minimum atomic E-state index is -0.252. The molecule has 7 heteroatoms. The maximum atomic E-state index is 12.6. The van der Waals surface area contributed by atoms with Crippen LogP contribution in [0.5, 0.6) is 11.5 Å². The quantitative estimate of drug-likeness (QED) is 0.744. The van der Waals surface area contributed by atoms with Gasteiger partial charge in [0.15, 0.2) is 11.5 Å². The van der Waals surface area contributed by atoms with E-state index in [1.807, 2.05) is 19.1 Å². The molecule has 0 saturated carbocycles. The van der Waals surface area contributed by atoms with Crippen molar-refractivity contribution in [2.45, 2.75) is 6.92 Å². The average molecular weight is 356 g/mol. The van der Waals surface area contributed by atoms with Crippen molar-refractivity contribution in [3.63, 3.8) is 0 Å². The number of carbonyl (C=O) groups is 1. The Morgan fingerprint density at radius 1 is 1.16 bits per heavy atom. The van der Waals surface area contributed by atoms with Crippen LogP contribution in [0.15, 0.2) is 42.5 Å². The summed E-state index contributed by atoms with van der Waals surface area (Å²) in [5, 5.41) is 10.8. The van der Waals surface area contributed by atoms with E-state index in [2.05, 4.69) is 15.5 Å². The van der Waals surface area contributed by atoms with Crippen LogP contribution in [0.25, 0.3) is 11.3 Å². The van der Waals surface area contributed by atoms with E-state index >= 15 is 0 Å². The van der Waals surface area contributed by atoms with Gasteiger partial charge in [-0.15, -0.1) is 0 Å². The number of carbonyl (C=O) groups excluding carboxylic acids is 1. The zero-order chi connectivity index (χ0) is 17.4. The number of aromatic nitrogens is 2. The van der Waals surface area contributed by atoms with Gasteiger partial charge in [-0.2, -0.15) is 5.10 Å². The number of hydrogen-bond acceptors (Lipinski definition) is 4. The van der Waals surface area contributed by atoms with Crippen molar-refractivity contribution in [3.05, 3.63) is 58.7 Å². The number of halogens is 1. The van der Waals surface area contributed by atoms with Crippen molar-refractivity contribution < 1.29 is 14.3 Å².